The number of hydrogen-bond donors (Lipinski definition) is 1. The predicted molar refractivity (Wildman–Crippen MR) is 102 cm³/mol. The van der Waals surface area contributed by atoms with Crippen LogP contribution >= 0.6 is 11.6 Å². The minimum Gasteiger partial charge on any atom is -0.488 e. The van der Waals surface area contributed by atoms with Crippen LogP contribution in [0.3, 0.4) is 0 Å². The SMILES string of the molecule is COC(=O)CN1C(=O)N/C(=C/c2ccccc2OCc2ccccc2Cl)C1=O. The zero-order chi connectivity index (χ0) is 20.1. The molecule has 0 aliphatic carbocycles. The van der Waals surface area contributed by atoms with Crippen LogP contribution in [0.15, 0.2) is 54.2 Å². The Bertz CT molecular complexity index is 957. The van der Waals surface area contributed by atoms with Gasteiger partial charge in [0.15, 0.2) is 0 Å². The number of ether oxygens (including phenoxy) is 2. The molecular formula is C20H17ClN2O5. The number of amides is 3. The van der Waals surface area contributed by atoms with Crippen LogP contribution in [0.5, 0.6) is 5.75 Å². The van der Waals surface area contributed by atoms with Crippen molar-refractivity contribution in [3.05, 3.63) is 70.4 Å². The molecule has 144 valence electrons. The molecule has 0 atom stereocenters. The summed E-state index contributed by atoms with van der Waals surface area (Å²) in [6.07, 6.45) is 1.50. The fraction of sp³-hybridized carbons (Fsp3) is 0.150. The van der Waals surface area contributed by atoms with Crippen molar-refractivity contribution in [1.29, 1.82) is 0 Å². The Morgan fingerprint density at radius 1 is 1.14 bits per heavy atom. The van der Waals surface area contributed by atoms with Crippen molar-refractivity contribution in [2.75, 3.05) is 13.7 Å². The molecule has 1 fully saturated rings. The van der Waals surface area contributed by atoms with Crippen LogP contribution in [-0.2, 0) is 20.9 Å². The minimum atomic E-state index is -0.687. The first-order valence-electron chi connectivity index (χ1n) is 8.36. The summed E-state index contributed by atoms with van der Waals surface area (Å²) in [6.45, 7) is -0.211. The number of carbonyl (C=O) groups excluding carboxylic acids is 3. The van der Waals surface area contributed by atoms with Crippen molar-refractivity contribution in [2.24, 2.45) is 0 Å². The number of nitrogens with one attached hydrogen (secondary N) is 1. The van der Waals surface area contributed by atoms with Crippen molar-refractivity contribution >= 4 is 35.6 Å². The molecule has 8 heteroatoms. The first-order chi connectivity index (χ1) is 13.5. The Morgan fingerprint density at radius 2 is 1.86 bits per heavy atom. The smallest absolute Gasteiger partial charge is 0.329 e. The highest BCUT2D eigenvalue weighted by atomic mass is 35.5. The molecule has 3 rings (SSSR count). The van der Waals surface area contributed by atoms with E-state index in [0.29, 0.717) is 16.3 Å². The van der Waals surface area contributed by atoms with Gasteiger partial charge in [-0.1, -0.05) is 48.0 Å². The molecule has 0 radical (unpaired) electrons. The Labute approximate surface area is 166 Å². The maximum absolute atomic E-state index is 12.4. The monoisotopic (exact) mass is 400 g/mol. The van der Waals surface area contributed by atoms with Gasteiger partial charge in [-0.2, -0.15) is 0 Å². The minimum absolute atomic E-state index is 0.0442. The number of benzene rings is 2. The average Bonchev–Trinajstić information content (AvgIpc) is 2.95. The number of methoxy groups -OCH3 is 1. The number of halogens is 1. The molecule has 3 amide bonds. The topological polar surface area (TPSA) is 84.9 Å². The van der Waals surface area contributed by atoms with E-state index < -0.39 is 24.5 Å². The standard InChI is InChI=1S/C20H17ClN2O5/c1-27-18(24)11-23-19(25)16(22-20(23)26)10-13-6-3-5-9-17(13)28-12-14-7-2-4-8-15(14)21/h2-10H,11-12H2,1H3,(H,22,26)/b16-10+. The molecule has 2 aromatic carbocycles. The van der Waals surface area contributed by atoms with Gasteiger partial charge in [-0.3, -0.25) is 9.59 Å². The maximum Gasteiger partial charge on any atom is 0.329 e. The first kappa shape index (κ1) is 19.4. The predicted octanol–water partition coefficient (Wildman–Crippen LogP) is 2.98. The number of urea groups is 1. The highest BCUT2D eigenvalue weighted by Crippen LogP contribution is 2.25. The van der Waals surface area contributed by atoms with Gasteiger partial charge in [0.2, 0.25) is 0 Å². The van der Waals surface area contributed by atoms with E-state index in [1.165, 1.54) is 13.2 Å². The summed E-state index contributed by atoms with van der Waals surface area (Å²) in [6, 6.07) is 13.7. The molecular weight excluding hydrogens is 384 g/mol. The van der Waals surface area contributed by atoms with Gasteiger partial charge in [0, 0.05) is 16.1 Å². The molecule has 0 unspecified atom stereocenters. The van der Waals surface area contributed by atoms with Crippen LogP contribution < -0.4 is 10.1 Å². The third kappa shape index (κ3) is 4.32. The summed E-state index contributed by atoms with van der Waals surface area (Å²) in [4.78, 5) is 36.5. The van der Waals surface area contributed by atoms with E-state index in [-0.39, 0.29) is 12.3 Å². The van der Waals surface area contributed by atoms with E-state index in [2.05, 4.69) is 10.1 Å². The number of imide groups is 1. The number of hydrogen-bond acceptors (Lipinski definition) is 5. The third-order valence-corrected chi connectivity index (χ3v) is 4.41. The van der Waals surface area contributed by atoms with E-state index in [1.54, 1.807) is 30.3 Å². The lowest BCUT2D eigenvalue weighted by Crippen LogP contribution is -2.36. The number of nitrogens with zero attached hydrogens (tertiary/aromatic N) is 1. The second-order valence-corrected chi connectivity index (χ2v) is 6.28. The van der Waals surface area contributed by atoms with E-state index in [9.17, 15) is 14.4 Å². The Balaban J connectivity index is 1.79. The first-order valence-corrected chi connectivity index (χ1v) is 8.74. The van der Waals surface area contributed by atoms with Crippen molar-refractivity contribution in [3.8, 4) is 5.75 Å². The van der Waals surface area contributed by atoms with Crippen molar-refractivity contribution in [1.82, 2.24) is 10.2 Å². The van der Waals surface area contributed by atoms with Crippen LogP contribution in [-0.4, -0.2) is 36.5 Å². The molecule has 0 bridgehead atoms. The Morgan fingerprint density at radius 3 is 2.61 bits per heavy atom. The molecule has 1 saturated heterocycles. The molecule has 7 nitrogen and oxygen atoms in total. The normalized spacial score (nSPS) is 14.9. The number of esters is 1. The van der Waals surface area contributed by atoms with Gasteiger partial charge in [-0.25, -0.2) is 9.69 Å². The van der Waals surface area contributed by atoms with E-state index in [0.717, 1.165) is 10.5 Å². The van der Waals surface area contributed by atoms with Gasteiger partial charge in [-0.15, -0.1) is 0 Å². The molecule has 2 aromatic rings. The second-order valence-electron chi connectivity index (χ2n) is 5.87. The van der Waals surface area contributed by atoms with Crippen molar-refractivity contribution < 1.29 is 23.9 Å². The van der Waals surface area contributed by atoms with Crippen LogP contribution in [0.4, 0.5) is 4.79 Å². The summed E-state index contributed by atoms with van der Waals surface area (Å²) in [5, 5.41) is 3.05. The van der Waals surface area contributed by atoms with Gasteiger partial charge >= 0.3 is 12.0 Å². The maximum atomic E-state index is 12.4. The largest absolute Gasteiger partial charge is 0.488 e. The fourth-order valence-corrected chi connectivity index (χ4v) is 2.76. The Hall–Kier alpha value is -3.32. The van der Waals surface area contributed by atoms with E-state index in [1.807, 2.05) is 18.2 Å². The molecule has 1 aliphatic rings. The highest BCUT2D eigenvalue weighted by molar-refractivity contribution is 6.31. The van der Waals surface area contributed by atoms with Crippen LogP contribution in [0.1, 0.15) is 11.1 Å². The number of carbonyl (C=O) groups is 3. The van der Waals surface area contributed by atoms with Crippen molar-refractivity contribution in [3.63, 3.8) is 0 Å². The zero-order valence-electron chi connectivity index (χ0n) is 15.0. The van der Waals surface area contributed by atoms with Gasteiger partial charge < -0.3 is 14.8 Å². The quantitative estimate of drug-likeness (QED) is 0.457. The average molecular weight is 401 g/mol. The molecule has 0 saturated carbocycles. The summed E-state index contributed by atoms with van der Waals surface area (Å²) in [5.74, 6) is -0.784. The van der Waals surface area contributed by atoms with Gasteiger partial charge in [0.05, 0.1) is 7.11 Å². The lowest BCUT2D eigenvalue weighted by molar-refractivity contribution is -0.143. The van der Waals surface area contributed by atoms with Crippen molar-refractivity contribution in [2.45, 2.75) is 6.61 Å². The fourth-order valence-electron chi connectivity index (χ4n) is 2.57. The zero-order valence-corrected chi connectivity index (χ0v) is 15.7. The molecule has 0 aromatic heterocycles. The molecule has 1 aliphatic heterocycles. The Kier molecular flexibility index (Phi) is 5.96. The highest BCUT2D eigenvalue weighted by Gasteiger charge is 2.35. The summed E-state index contributed by atoms with van der Waals surface area (Å²) in [7, 11) is 1.18. The summed E-state index contributed by atoms with van der Waals surface area (Å²) >= 11 is 6.15. The van der Waals surface area contributed by atoms with Crippen LogP contribution in [0.25, 0.3) is 6.08 Å². The van der Waals surface area contributed by atoms with Gasteiger partial charge in [0.25, 0.3) is 5.91 Å². The number of rotatable bonds is 6. The van der Waals surface area contributed by atoms with E-state index >= 15 is 0 Å². The lowest BCUT2D eigenvalue weighted by Gasteiger charge is -2.11. The third-order valence-electron chi connectivity index (χ3n) is 4.04. The van der Waals surface area contributed by atoms with Gasteiger partial charge in [-0.05, 0) is 18.2 Å². The molecule has 1 N–H and O–H groups in total. The van der Waals surface area contributed by atoms with E-state index in [4.69, 9.17) is 16.3 Å². The molecule has 28 heavy (non-hydrogen) atoms. The number of para-hydroxylation sites is 1. The van der Waals surface area contributed by atoms with Gasteiger partial charge in [0.1, 0.15) is 24.6 Å². The molecule has 1 heterocycles. The lowest BCUT2D eigenvalue weighted by atomic mass is 10.1. The molecule has 0 spiro atoms. The second kappa shape index (κ2) is 8.58. The summed E-state index contributed by atoms with van der Waals surface area (Å²) in [5.41, 5.74) is 1.46. The summed E-state index contributed by atoms with van der Waals surface area (Å²) < 4.78 is 10.3. The van der Waals surface area contributed by atoms with Crippen LogP contribution in [0.2, 0.25) is 5.02 Å². The van der Waals surface area contributed by atoms with Crippen LogP contribution in [0, 0.1) is 0 Å².